The summed E-state index contributed by atoms with van der Waals surface area (Å²) in [7, 11) is 0. The van der Waals surface area contributed by atoms with Gasteiger partial charge in [0.05, 0.1) is 0 Å². The monoisotopic (exact) mass is 596 g/mol. The van der Waals surface area contributed by atoms with Crippen molar-refractivity contribution >= 4 is 15.9 Å². The molecule has 5 rings (SSSR count). The van der Waals surface area contributed by atoms with Crippen LogP contribution in [0.15, 0.2) is 138 Å². The first-order valence-electron chi connectivity index (χ1n) is 13.5. The Bertz CT molecular complexity index is 1770. The summed E-state index contributed by atoms with van der Waals surface area (Å²) < 4.78 is 0.771. The quantitative estimate of drug-likeness (QED) is 0.205. The van der Waals surface area contributed by atoms with Gasteiger partial charge in [0, 0.05) is 37.9 Å². The minimum atomic E-state index is -1.53. The van der Waals surface area contributed by atoms with E-state index >= 15 is 0 Å². The van der Waals surface area contributed by atoms with Crippen molar-refractivity contribution in [3.8, 4) is 23.7 Å². The van der Waals surface area contributed by atoms with Crippen LogP contribution in [0.4, 0.5) is 0 Å². The van der Waals surface area contributed by atoms with Gasteiger partial charge in [0.15, 0.2) is 11.2 Å². The summed E-state index contributed by atoms with van der Waals surface area (Å²) in [5, 5.41) is 24.0. The van der Waals surface area contributed by atoms with E-state index in [1.165, 1.54) is 0 Å². The Morgan fingerprint density at radius 1 is 0.561 bits per heavy atom. The highest BCUT2D eigenvalue weighted by molar-refractivity contribution is 9.10. The average molecular weight is 598 g/mol. The summed E-state index contributed by atoms with van der Waals surface area (Å²) in [6.07, 6.45) is 0.778. The Kier molecular flexibility index (Phi) is 8.53. The number of benzene rings is 5. The van der Waals surface area contributed by atoms with E-state index < -0.39 is 11.2 Å². The molecular formula is C38H29BrO2. The second-order valence-electron chi connectivity index (χ2n) is 9.72. The van der Waals surface area contributed by atoms with Crippen molar-refractivity contribution in [2.24, 2.45) is 0 Å². The van der Waals surface area contributed by atoms with Gasteiger partial charge < -0.3 is 10.2 Å². The van der Waals surface area contributed by atoms with Crippen molar-refractivity contribution < 1.29 is 10.2 Å². The van der Waals surface area contributed by atoms with E-state index in [1.807, 2.05) is 133 Å². The molecule has 0 aliphatic rings. The molecule has 0 aliphatic heterocycles. The molecule has 5 aromatic carbocycles. The molecule has 0 aliphatic carbocycles. The fraction of sp³-hybridized carbons (Fsp3) is 0.105. The lowest BCUT2D eigenvalue weighted by atomic mass is 9.83. The molecule has 0 radical (unpaired) electrons. The summed E-state index contributed by atoms with van der Waals surface area (Å²) in [6.45, 7) is 2.07. The predicted molar refractivity (Wildman–Crippen MR) is 169 cm³/mol. The van der Waals surface area contributed by atoms with Crippen LogP contribution in [0, 0.1) is 23.7 Å². The van der Waals surface area contributed by atoms with Crippen LogP contribution in [0.3, 0.4) is 0 Å². The molecule has 0 amide bonds. The molecule has 0 heterocycles. The van der Waals surface area contributed by atoms with Gasteiger partial charge in [0.2, 0.25) is 0 Å². The summed E-state index contributed by atoms with van der Waals surface area (Å²) >= 11 is 3.59. The molecule has 0 saturated heterocycles. The Hall–Kier alpha value is -4.38. The third kappa shape index (κ3) is 6.04. The highest BCUT2D eigenvalue weighted by Gasteiger charge is 2.32. The Morgan fingerprint density at radius 3 is 1.56 bits per heavy atom. The van der Waals surface area contributed by atoms with Gasteiger partial charge in [-0.2, -0.15) is 0 Å². The van der Waals surface area contributed by atoms with Crippen LogP contribution in [0.1, 0.15) is 45.9 Å². The van der Waals surface area contributed by atoms with Crippen LogP contribution >= 0.6 is 15.9 Å². The zero-order chi connectivity index (χ0) is 28.7. The van der Waals surface area contributed by atoms with E-state index in [0.29, 0.717) is 27.8 Å². The van der Waals surface area contributed by atoms with E-state index in [-0.39, 0.29) is 0 Å². The SMILES string of the molecule is CCc1ccccc1C(O)(C#Cc1cccc(C#CC(O)(c2ccccc2)c2ccccc2Br)c1)c1ccccc1. The Balaban J connectivity index is 1.56. The number of hydrogen-bond acceptors (Lipinski definition) is 2. The summed E-state index contributed by atoms with van der Waals surface area (Å²) in [5.41, 5.74) is 2.28. The van der Waals surface area contributed by atoms with Gasteiger partial charge in [0.25, 0.3) is 0 Å². The van der Waals surface area contributed by atoms with Crippen molar-refractivity contribution in [1.29, 1.82) is 0 Å². The van der Waals surface area contributed by atoms with Gasteiger partial charge in [-0.1, -0.05) is 156 Å². The predicted octanol–water partition coefficient (Wildman–Crippen LogP) is 7.59. The van der Waals surface area contributed by atoms with Crippen molar-refractivity contribution in [3.05, 3.63) is 177 Å². The van der Waals surface area contributed by atoms with Crippen LogP contribution < -0.4 is 0 Å². The fourth-order valence-electron chi connectivity index (χ4n) is 4.88. The zero-order valence-corrected chi connectivity index (χ0v) is 24.3. The van der Waals surface area contributed by atoms with E-state index in [1.54, 1.807) is 0 Å². The standard InChI is InChI=1S/C38H29BrO2/c1-2-31-16-9-10-21-34(31)37(40,32-17-5-3-6-18-32)26-24-29-14-13-15-30(28-29)25-27-38(41,33-19-7-4-8-20-33)35-22-11-12-23-36(35)39/h3-23,28,40-41H,2H2,1H3. The lowest BCUT2D eigenvalue weighted by Crippen LogP contribution is -2.26. The molecule has 5 aromatic rings. The molecule has 0 saturated carbocycles. The maximum atomic E-state index is 12.0. The lowest BCUT2D eigenvalue weighted by molar-refractivity contribution is 0.144. The van der Waals surface area contributed by atoms with E-state index in [4.69, 9.17) is 0 Å². The molecule has 0 bridgehead atoms. The van der Waals surface area contributed by atoms with Gasteiger partial charge in [-0.25, -0.2) is 0 Å². The maximum absolute atomic E-state index is 12.0. The number of aliphatic hydroxyl groups is 2. The Labute approximate surface area is 250 Å². The average Bonchev–Trinajstić information content (AvgIpc) is 3.04. The zero-order valence-electron chi connectivity index (χ0n) is 22.7. The normalized spacial score (nSPS) is 13.5. The van der Waals surface area contributed by atoms with Crippen LogP contribution in [-0.4, -0.2) is 10.2 Å². The van der Waals surface area contributed by atoms with Crippen LogP contribution in [0.5, 0.6) is 0 Å². The molecule has 0 spiro atoms. The summed E-state index contributed by atoms with van der Waals surface area (Å²) in [5.74, 6) is 12.7. The number of rotatable bonds is 5. The highest BCUT2D eigenvalue weighted by atomic mass is 79.9. The van der Waals surface area contributed by atoms with Crippen molar-refractivity contribution in [2.75, 3.05) is 0 Å². The summed E-state index contributed by atoms with van der Waals surface area (Å²) in [4.78, 5) is 0. The number of hydrogen-bond donors (Lipinski definition) is 2. The third-order valence-electron chi connectivity index (χ3n) is 7.07. The number of halogens is 1. The fourth-order valence-corrected chi connectivity index (χ4v) is 5.46. The van der Waals surface area contributed by atoms with E-state index in [0.717, 1.165) is 22.0 Å². The van der Waals surface area contributed by atoms with Crippen LogP contribution in [0.25, 0.3) is 0 Å². The minimum absolute atomic E-state index is 0.664. The molecule has 0 fully saturated rings. The third-order valence-corrected chi connectivity index (χ3v) is 7.76. The smallest absolute Gasteiger partial charge is 0.178 e. The molecule has 3 heteroatoms. The Morgan fingerprint density at radius 2 is 1.02 bits per heavy atom. The van der Waals surface area contributed by atoms with Gasteiger partial charge in [-0.15, -0.1) is 0 Å². The second-order valence-corrected chi connectivity index (χ2v) is 10.6. The molecule has 2 N–H and O–H groups in total. The second kappa shape index (κ2) is 12.4. The first-order chi connectivity index (χ1) is 19.9. The van der Waals surface area contributed by atoms with Crippen molar-refractivity contribution in [2.45, 2.75) is 24.5 Å². The molecule has 2 atom stereocenters. The largest absolute Gasteiger partial charge is 0.369 e. The molecular weight excluding hydrogens is 568 g/mol. The van der Waals surface area contributed by atoms with Gasteiger partial charge in [0.1, 0.15) is 0 Å². The molecule has 0 aromatic heterocycles. The van der Waals surface area contributed by atoms with Gasteiger partial charge >= 0.3 is 0 Å². The van der Waals surface area contributed by atoms with E-state index in [9.17, 15) is 10.2 Å². The topological polar surface area (TPSA) is 40.5 Å². The summed E-state index contributed by atoms with van der Waals surface area (Å²) in [6, 6.07) is 41.9. The molecule has 2 nitrogen and oxygen atoms in total. The van der Waals surface area contributed by atoms with Gasteiger partial charge in [-0.05, 0) is 36.2 Å². The number of aryl methyl sites for hydroxylation is 1. The maximum Gasteiger partial charge on any atom is 0.178 e. The minimum Gasteiger partial charge on any atom is -0.369 e. The molecule has 41 heavy (non-hydrogen) atoms. The molecule has 2 unspecified atom stereocenters. The first-order valence-corrected chi connectivity index (χ1v) is 14.3. The first kappa shape index (κ1) is 28.2. The highest BCUT2D eigenvalue weighted by Crippen LogP contribution is 2.34. The van der Waals surface area contributed by atoms with Crippen LogP contribution in [0.2, 0.25) is 0 Å². The molecule has 200 valence electrons. The van der Waals surface area contributed by atoms with E-state index in [2.05, 4.69) is 46.5 Å². The van der Waals surface area contributed by atoms with Crippen LogP contribution in [-0.2, 0) is 17.6 Å². The van der Waals surface area contributed by atoms with Crippen molar-refractivity contribution in [3.63, 3.8) is 0 Å². The van der Waals surface area contributed by atoms with Gasteiger partial charge in [-0.3, -0.25) is 0 Å². The lowest BCUT2D eigenvalue weighted by Gasteiger charge is -2.26. The van der Waals surface area contributed by atoms with Crippen molar-refractivity contribution in [1.82, 2.24) is 0 Å².